The summed E-state index contributed by atoms with van der Waals surface area (Å²) in [5.74, 6) is 1.23. The van der Waals surface area contributed by atoms with Crippen molar-refractivity contribution in [3.63, 3.8) is 0 Å². The third-order valence-corrected chi connectivity index (χ3v) is 4.78. The van der Waals surface area contributed by atoms with E-state index in [9.17, 15) is 4.79 Å². The average Bonchev–Trinajstić information content (AvgIpc) is 3.11. The topological polar surface area (TPSA) is 59.8 Å². The molecular formula is C19H24N4O. The fourth-order valence-corrected chi connectivity index (χ4v) is 3.32. The summed E-state index contributed by atoms with van der Waals surface area (Å²) in [6.45, 7) is 6.30. The minimum atomic E-state index is -0.175. The van der Waals surface area contributed by atoms with Crippen LogP contribution in [0.1, 0.15) is 73.3 Å². The van der Waals surface area contributed by atoms with Crippen molar-refractivity contribution in [2.24, 2.45) is 0 Å². The Morgan fingerprint density at radius 2 is 2.04 bits per heavy atom. The minimum absolute atomic E-state index is 0.107. The van der Waals surface area contributed by atoms with Crippen molar-refractivity contribution in [3.8, 4) is 0 Å². The Morgan fingerprint density at radius 3 is 2.75 bits per heavy atom. The average molecular weight is 324 g/mol. The summed E-state index contributed by atoms with van der Waals surface area (Å²) in [4.78, 5) is 17.1. The van der Waals surface area contributed by atoms with Crippen LogP contribution in [0.5, 0.6) is 0 Å². The lowest BCUT2D eigenvalue weighted by atomic mass is 10.1. The number of hydrogen-bond donors (Lipinski definition) is 1. The number of rotatable bonds is 3. The number of anilines is 1. The molecule has 5 nitrogen and oxygen atoms in total. The Labute approximate surface area is 142 Å². The predicted octanol–water partition coefficient (Wildman–Crippen LogP) is 3.65. The van der Waals surface area contributed by atoms with E-state index < -0.39 is 0 Å². The zero-order chi connectivity index (χ0) is 16.9. The van der Waals surface area contributed by atoms with E-state index in [2.05, 4.69) is 31.1 Å². The van der Waals surface area contributed by atoms with Crippen LogP contribution in [0.15, 0.2) is 18.3 Å². The number of carbonyl (C=O) groups excluding carboxylic acids is 1. The molecule has 0 saturated heterocycles. The lowest BCUT2D eigenvalue weighted by Gasteiger charge is -2.22. The Kier molecular flexibility index (Phi) is 3.48. The molecule has 0 aromatic carbocycles. The minimum Gasteiger partial charge on any atom is -0.307 e. The third kappa shape index (κ3) is 2.83. The number of nitrogens with zero attached hydrogens (tertiary/aromatic N) is 3. The molecule has 24 heavy (non-hydrogen) atoms. The van der Waals surface area contributed by atoms with Crippen molar-refractivity contribution >= 4 is 11.7 Å². The molecule has 2 aromatic heterocycles. The predicted molar refractivity (Wildman–Crippen MR) is 93.4 cm³/mol. The van der Waals surface area contributed by atoms with Crippen LogP contribution in [-0.4, -0.2) is 20.7 Å². The number of pyridine rings is 1. The van der Waals surface area contributed by atoms with E-state index in [1.807, 2.05) is 16.8 Å². The van der Waals surface area contributed by atoms with Gasteiger partial charge in [0.1, 0.15) is 5.82 Å². The van der Waals surface area contributed by atoms with Gasteiger partial charge in [-0.3, -0.25) is 9.78 Å². The van der Waals surface area contributed by atoms with E-state index in [1.165, 1.54) is 18.4 Å². The first-order valence-corrected chi connectivity index (χ1v) is 8.81. The number of aromatic nitrogens is 3. The molecule has 1 saturated carbocycles. The van der Waals surface area contributed by atoms with E-state index in [0.717, 1.165) is 36.5 Å². The fraction of sp³-hybridized carbons (Fsp3) is 0.526. The number of fused-ring (bicyclic) bond motifs is 1. The molecule has 0 radical (unpaired) electrons. The highest BCUT2D eigenvalue weighted by Crippen LogP contribution is 2.41. The molecule has 0 atom stereocenters. The van der Waals surface area contributed by atoms with E-state index in [0.29, 0.717) is 11.5 Å². The Bertz CT molecular complexity index is 796. The highest BCUT2D eigenvalue weighted by atomic mass is 16.1. The zero-order valence-electron chi connectivity index (χ0n) is 14.6. The molecule has 1 fully saturated rings. The van der Waals surface area contributed by atoms with Crippen LogP contribution in [0.4, 0.5) is 5.82 Å². The monoisotopic (exact) mass is 324 g/mol. The molecule has 2 heterocycles. The Balaban J connectivity index is 1.61. The summed E-state index contributed by atoms with van der Waals surface area (Å²) in [5, 5.41) is 7.78. The van der Waals surface area contributed by atoms with Crippen molar-refractivity contribution in [2.75, 3.05) is 5.32 Å². The molecule has 0 unspecified atom stereocenters. The van der Waals surface area contributed by atoms with Gasteiger partial charge in [0.15, 0.2) is 0 Å². The molecule has 0 bridgehead atoms. The summed E-state index contributed by atoms with van der Waals surface area (Å²) in [6.07, 6.45) is 7.27. The molecule has 1 N–H and O–H groups in total. The van der Waals surface area contributed by atoms with Gasteiger partial charge in [0, 0.05) is 23.9 Å². The second-order valence-electron chi connectivity index (χ2n) is 7.95. The van der Waals surface area contributed by atoms with Crippen molar-refractivity contribution in [3.05, 3.63) is 40.8 Å². The molecule has 1 amide bonds. The highest BCUT2D eigenvalue weighted by molar-refractivity contribution is 6.03. The van der Waals surface area contributed by atoms with Gasteiger partial charge in [-0.25, -0.2) is 4.68 Å². The quantitative estimate of drug-likeness (QED) is 0.937. The van der Waals surface area contributed by atoms with Crippen molar-refractivity contribution in [1.82, 2.24) is 14.8 Å². The molecule has 2 aliphatic carbocycles. The SMILES string of the molecule is CC(C)(C)n1nc(C2CC2)cc1NC(=O)c1cnc2c(c1)CCC2. The lowest BCUT2D eigenvalue weighted by molar-refractivity contribution is 0.102. The number of hydrogen-bond acceptors (Lipinski definition) is 3. The van der Waals surface area contributed by atoms with Gasteiger partial charge >= 0.3 is 0 Å². The first kappa shape index (κ1) is 15.4. The highest BCUT2D eigenvalue weighted by Gasteiger charge is 2.30. The van der Waals surface area contributed by atoms with Crippen LogP contribution in [0.25, 0.3) is 0 Å². The van der Waals surface area contributed by atoms with Crippen LogP contribution in [0.3, 0.4) is 0 Å². The van der Waals surface area contributed by atoms with Crippen LogP contribution in [-0.2, 0) is 18.4 Å². The molecule has 5 heteroatoms. The van der Waals surface area contributed by atoms with Gasteiger partial charge < -0.3 is 5.32 Å². The summed E-state index contributed by atoms with van der Waals surface area (Å²) >= 11 is 0. The number of amides is 1. The lowest BCUT2D eigenvalue weighted by Crippen LogP contribution is -2.27. The maximum Gasteiger partial charge on any atom is 0.258 e. The van der Waals surface area contributed by atoms with Crippen molar-refractivity contribution < 1.29 is 4.79 Å². The largest absolute Gasteiger partial charge is 0.307 e. The van der Waals surface area contributed by atoms with Crippen LogP contribution < -0.4 is 5.32 Å². The molecule has 0 aliphatic heterocycles. The second-order valence-corrected chi connectivity index (χ2v) is 7.95. The van der Waals surface area contributed by atoms with E-state index in [4.69, 9.17) is 5.10 Å². The van der Waals surface area contributed by atoms with Gasteiger partial charge in [-0.1, -0.05) is 0 Å². The van der Waals surface area contributed by atoms with Crippen molar-refractivity contribution in [1.29, 1.82) is 0 Å². The first-order chi connectivity index (χ1) is 11.4. The van der Waals surface area contributed by atoms with Gasteiger partial charge in [0.25, 0.3) is 5.91 Å². The normalized spacial score (nSPS) is 17.0. The molecule has 0 spiro atoms. The third-order valence-electron chi connectivity index (χ3n) is 4.78. The molecular weight excluding hydrogens is 300 g/mol. The molecule has 2 aliphatic rings. The Morgan fingerprint density at radius 1 is 1.25 bits per heavy atom. The van der Waals surface area contributed by atoms with E-state index in [1.54, 1.807) is 6.20 Å². The Hall–Kier alpha value is -2.17. The van der Waals surface area contributed by atoms with Gasteiger partial charge in [-0.15, -0.1) is 0 Å². The van der Waals surface area contributed by atoms with Gasteiger partial charge in [-0.2, -0.15) is 5.10 Å². The smallest absolute Gasteiger partial charge is 0.258 e. The number of aryl methyl sites for hydroxylation is 2. The molecule has 126 valence electrons. The summed E-state index contributed by atoms with van der Waals surface area (Å²) in [6, 6.07) is 4.02. The first-order valence-electron chi connectivity index (χ1n) is 8.81. The molecule has 4 rings (SSSR count). The maximum atomic E-state index is 12.7. The van der Waals surface area contributed by atoms with Crippen LogP contribution in [0.2, 0.25) is 0 Å². The summed E-state index contributed by atoms with van der Waals surface area (Å²) in [7, 11) is 0. The van der Waals surface area contributed by atoms with Crippen LogP contribution >= 0.6 is 0 Å². The standard InChI is InChI=1S/C19H24N4O/c1-19(2,3)23-17(10-16(22-23)12-7-8-12)21-18(24)14-9-13-5-4-6-15(13)20-11-14/h9-12H,4-8H2,1-3H3,(H,21,24). The summed E-state index contributed by atoms with van der Waals surface area (Å²) in [5.41, 5.74) is 3.90. The van der Waals surface area contributed by atoms with E-state index >= 15 is 0 Å². The molecule has 2 aromatic rings. The van der Waals surface area contributed by atoms with Gasteiger partial charge in [0.2, 0.25) is 0 Å². The fourth-order valence-electron chi connectivity index (χ4n) is 3.32. The van der Waals surface area contributed by atoms with Gasteiger partial charge in [-0.05, 0) is 64.5 Å². The zero-order valence-corrected chi connectivity index (χ0v) is 14.6. The van der Waals surface area contributed by atoms with Gasteiger partial charge in [0.05, 0.1) is 16.8 Å². The summed E-state index contributed by atoms with van der Waals surface area (Å²) < 4.78 is 1.93. The maximum absolute atomic E-state index is 12.7. The number of carbonyl (C=O) groups is 1. The second kappa shape index (κ2) is 5.43. The van der Waals surface area contributed by atoms with E-state index in [-0.39, 0.29) is 11.4 Å². The van der Waals surface area contributed by atoms with Crippen molar-refractivity contribution in [2.45, 2.75) is 64.3 Å². The van der Waals surface area contributed by atoms with Crippen LogP contribution in [0, 0.1) is 0 Å². The number of nitrogens with one attached hydrogen (secondary N) is 1.